The third-order valence-electron chi connectivity index (χ3n) is 5.47. The standard InChI is InChI=1S/C26H42NO9.BrH/c1-7-12-20(28)33-19-18-32-26(36-23(31)15-11-17-27(5,6)16-10-4)25(35-22(30)14-9-3)24(19)34-21(29)13-8-2;/h4,19,24-26H,7-9,11-18H2,1-3,5-6H3;1H/q+1;/p-1/t19-,24+,25-,26?;/m1./s1. The zero-order valence-electron chi connectivity index (χ0n) is 22.7. The summed E-state index contributed by atoms with van der Waals surface area (Å²) in [7, 11) is 3.93. The van der Waals surface area contributed by atoms with Crippen LogP contribution in [0.1, 0.15) is 72.1 Å². The fourth-order valence-electron chi connectivity index (χ4n) is 3.64. The Bertz CT molecular complexity index is 780. The average molecular weight is 593 g/mol. The van der Waals surface area contributed by atoms with E-state index in [1.54, 1.807) is 0 Å². The van der Waals surface area contributed by atoms with Gasteiger partial charge in [-0.3, -0.25) is 19.2 Å². The molecule has 1 unspecified atom stereocenters. The van der Waals surface area contributed by atoms with Gasteiger partial charge in [-0.25, -0.2) is 0 Å². The van der Waals surface area contributed by atoms with E-state index >= 15 is 0 Å². The number of halogens is 1. The van der Waals surface area contributed by atoms with E-state index in [0.717, 1.165) is 0 Å². The molecule has 212 valence electrons. The van der Waals surface area contributed by atoms with Crippen LogP contribution in [0.2, 0.25) is 0 Å². The topological polar surface area (TPSA) is 114 Å². The van der Waals surface area contributed by atoms with E-state index < -0.39 is 48.5 Å². The number of rotatable bonds is 15. The van der Waals surface area contributed by atoms with E-state index in [-0.39, 0.29) is 49.3 Å². The summed E-state index contributed by atoms with van der Waals surface area (Å²) in [5, 5.41) is 0. The highest BCUT2D eigenvalue weighted by atomic mass is 79.9. The van der Waals surface area contributed by atoms with Gasteiger partial charge in [-0.05, 0) is 25.2 Å². The highest BCUT2D eigenvalue weighted by molar-refractivity contribution is 5.72. The minimum Gasteiger partial charge on any atom is -1.00 e. The number of hydrogen-bond donors (Lipinski definition) is 0. The molecule has 0 saturated carbocycles. The van der Waals surface area contributed by atoms with Gasteiger partial charge in [0.1, 0.15) is 6.54 Å². The second-order valence-electron chi connectivity index (χ2n) is 9.50. The van der Waals surface area contributed by atoms with Gasteiger partial charge in [0.15, 0.2) is 12.2 Å². The molecule has 0 amide bonds. The number of carbonyl (C=O) groups excluding carboxylic acids is 4. The predicted molar refractivity (Wildman–Crippen MR) is 130 cm³/mol. The van der Waals surface area contributed by atoms with Crippen molar-refractivity contribution in [3.05, 3.63) is 0 Å². The molecule has 0 aromatic rings. The maximum atomic E-state index is 12.6. The van der Waals surface area contributed by atoms with Gasteiger partial charge in [-0.1, -0.05) is 20.8 Å². The summed E-state index contributed by atoms with van der Waals surface area (Å²) < 4.78 is 28.4. The first-order valence-electron chi connectivity index (χ1n) is 12.7. The number of hydrogen-bond acceptors (Lipinski definition) is 9. The summed E-state index contributed by atoms with van der Waals surface area (Å²) >= 11 is 0. The van der Waals surface area contributed by atoms with Gasteiger partial charge in [0.2, 0.25) is 12.4 Å². The monoisotopic (exact) mass is 591 g/mol. The molecule has 0 bridgehead atoms. The molecule has 10 nitrogen and oxygen atoms in total. The molecule has 4 atom stereocenters. The number of quaternary nitrogens is 1. The largest absolute Gasteiger partial charge is 1.00 e. The Balaban J connectivity index is 0.0000130. The van der Waals surface area contributed by atoms with Crippen LogP contribution in [0.4, 0.5) is 0 Å². The van der Waals surface area contributed by atoms with Crippen molar-refractivity contribution in [1.29, 1.82) is 0 Å². The average Bonchev–Trinajstić information content (AvgIpc) is 2.77. The highest BCUT2D eigenvalue weighted by Crippen LogP contribution is 2.27. The third kappa shape index (κ3) is 13.3. The second-order valence-corrected chi connectivity index (χ2v) is 9.50. The van der Waals surface area contributed by atoms with Crippen LogP contribution in [-0.2, 0) is 42.9 Å². The first-order chi connectivity index (χ1) is 17.1. The SMILES string of the molecule is C#CC[N+](C)(C)CCCC(=O)OC1OC[C@@H](OC(=O)CCC)[C@H](OC(=O)CCC)[C@H]1OC(=O)CCC.[Br-]. The van der Waals surface area contributed by atoms with E-state index in [0.29, 0.717) is 43.3 Å². The molecule has 1 heterocycles. The third-order valence-corrected chi connectivity index (χ3v) is 5.47. The molecular weight excluding hydrogens is 550 g/mol. The molecule has 0 N–H and O–H groups in total. The van der Waals surface area contributed by atoms with Crippen LogP contribution in [0.3, 0.4) is 0 Å². The van der Waals surface area contributed by atoms with E-state index in [2.05, 4.69) is 5.92 Å². The maximum Gasteiger partial charge on any atom is 0.308 e. The lowest BCUT2D eigenvalue weighted by Gasteiger charge is -2.40. The lowest BCUT2D eigenvalue weighted by atomic mass is 10.0. The molecule has 11 heteroatoms. The van der Waals surface area contributed by atoms with Gasteiger partial charge in [-0.15, -0.1) is 6.42 Å². The molecule has 0 aliphatic carbocycles. The number of ether oxygens (including phenoxy) is 5. The van der Waals surface area contributed by atoms with Crippen molar-refractivity contribution in [2.45, 2.75) is 96.7 Å². The Kier molecular flexibility index (Phi) is 17.1. The Labute approximate surface area is 231 Å². The van der Waals surface area contributed by atoms with Crippen molar-refractivity contribution in [2.75, 3.05) is 33.8 Å². The van der Waals surface area contributed by atoms with Crippen LogP contribution >= 0.6 is 0 Å². The van der Waals surface area contributed by atoms with E-state index in [9.17, 15) is 19.2 Å². The lowest BCUT2D eigenvalue weighted by Crippen LogP contribution is -3.00. The zero-order chi connectivity index (χ0) is 27.1. The van der Waals surface area contributed by atoms with Crippen LogP contribution in [0.25, 0.3) is 0 Å². The van der Waals surface area contributed by atoms with Crippen LogP contribution < -0.4 is 17.0 Å². The molecule has 1 rings (SSSR count). The molecule has 0 aromatic carbocycles. The molecule has 1 aliphatic heterocycles. The molecule has 1 aliphatic rings. The summed E-state index contributed by atoms with van der Waals surface area (Å²) in [6.45, 7) is 6.45. The Morgan fingerprint density at radius 1 is 0.811 bits per heavy atom. The zero-order valence-corrected chi connectivity index (χ0v) is 24.3. The molecule has 37 heavy (non-hydrogen) atoms. The van der Waals surface area contributed by atoms with E-state index in [4.69, 9.17) is 30.1 Å². The van der Waals surface area contributed by atoms with Crippen molar-refractivity contribution in [2.24, 2.45) is 0 Å². The van der Waals surface area contributed by atoms with Gasteiger partial charge < -0.3 is 45.1 Å². The molecule has 0 aromatic heterocycles. The minimum absolute atomic E-state index is 0. The van der Waals surface area contributed by atoms with Gasteiger partial charge in [-0.2, -0.15) is 0 Å². The number of carbonyl (C=O) groups is 4. The number of esters is 4. The van der Waals surface area contributed by atoms with Crippen molar-refractivity contribution >= 4 is 23.9 Å². The molecular formula is C26H42BrNO9. The summed E-state index contributed by atoms with van der Waals surface area (Å²) in [6, 6.07) is 0. The molecule has 1 fully saturated rings. The summed E-state index contributed by atoms with van der Waals surface area (Å²) in [6.07, 6.45) is 3.25. The van der Waals surface area contributed by atoms with Crippen molar-refractivity contribution in [3.63, 3.8) is 0 Å². The smallest absolute Gasteiger partial charge is 0.308 e. The quantitative estimate of drug-likeness (QED) is 0.108. The van der Waals surface area contributed by atoms with Crippen LogP contribution in [0, 0.1) is 12.3 Å². The Morgan fingerprint density at radius 2 is 1.30 bits per heavy atom. The fourth-order valence-corrected chi connectivity index (χ4v) is 3.64. The number of nitrogens with zero attached hydrogens (tertiary/aromatic N) is 1. The summed E-state index contributed by atoms with van der Waals surface area (Å²) in [4.78, 5) is 49.6. The van der Waals surface area contributed by atoms with E-state index in [1.807, 2.05) is 34.9 Å². The highest BCUT2D eigenvalue weighted by Gasteiger charge is 2.49. The molecule has 0 radical (unpaired) electrons. The van der Waals surface area contributed by atoms with Crippen LogP contribution in [0.15, 0.2) is 0 Å². The Hall–Kier alpha value is -2.16. The van der Waals surface area contributed by atoms with E-state index in [1.165, 1.54) is 0 Å². The first kappa shape index (κ1) is 34.8. The van der Waals surface area contributed by atoms with Gasteiger partial charge in [0.05, 0.1) is 33.7 Å². The van der Waals surface area contributed by atoms with Gasteiger partial charge in [0, 0.05) is 25.7 Å². The first-order valence-corrected chi connectivity index (χ1v) is 12.7. The summed E-state index contributed by atoms with van der Waals surface area (Å²) in [5.41, 5.74) is 0. The van der Waals surface area contributed by atoms with Crippen molar-refractivity contribution in [1.82, 2.24) is 0 Å². The maximum absolute atomic E-state index is 12.6. The fraction of sp³-hybridized carbons (Fsp3) is 0.769. The van der Waals surface area contributed by atoms with Crippen molar-refractivity contribution in [3.8, 4) is 12.3 Å². The second kappa shape index (κ2) is 18.2. The predicted octanol–water partition coefficient (Wildman–Crippen LogP) is -0.485. The minimum atomic E-state index is -1.31. The lowest BCUT2D eigenvalue weighted by molar-refractivity contribution is -0.883. The van der Waals surface area contributed by atoms with Gasteiger partial charge in [0.25, 0.3) is 0 Å². The van der Waals surface area contributed by atoms with Crippen LogP contribution in [0.5, 0.6) is 0 Å². The van der Waals surface area contributed by atoms with Gasteiger partial charge >= 0.3 is 23.9 Å². The summed E-state index contributed by atoms with van der Waals surface area (Å²) in [5.74, 6) is 0.440. The molecule has 0 spiro atoms. The Morgan fingerprint density at radius 3 is 1.81 bits per heavy atom. The number of terminal acetylenes is 1. The van der Waals surface area contributed by atoms with Crippen molar-refractivity contribution < 1.29 is 64.3 Å². The normalized spacial score (nSPS) is 21.1. The molecule has 1 saturated heterocycles. The van der Waals surface area contributed by atoms with Crippen LogP contribution in [-0.4, -0.2) is 86.8 Å².